The molecule has 0 bridgehead atoms. The number of nitrogen functional groups attached to an aromatic ring is 1. The minimum Gasteiger partial charge on any atom is -0.491 e. The average Bonchev–Trinajstić information content (AvgIpc) is 2.58. The van der Waals surface area contributed by atoms with Crippen molar-refractivity contribution in [1.82, 2.24) is 0 Å². The van der Waals surface area contributed by atoms with Crippen molar-refractivity contribution in [3.63, 3.8) is 0 Å². The first-order valence-corrected chi connectivity index (χ1v) is 7.50. The van der Waals surface area contributed by atoms with E-state index in [-0.39, 0.29) is 5.91 Å². The van der Waals surface area contributed by atoms with E-state index in [4.69, 9.17) is 10.5 Å². The minimum absolute atomic E-state index is 0.0542. The molecule has 1 aliphatic heterocycles. The first-order valence-electron chi connectivity index (χ1n) is 6.70. The standard InChI is InChI=1S/C16H15BrN2O2/c17-12-7-11(8-13(18)9-12)10-19-14-3-1-2-4-15(14)21-6-5-16(19)20/h1-4,7-9H,5-6,10,18H2. The molecular formula is C16H15BrN2O2. The minimum atomic E-state index is 0.0542. The summed E-state index contributed by atoms with van der Waals surface area (Å²) in [6.45, 7) is 0.885. The zero-order valence-electron chi connectivity index (χ0n) is 11.4. The smallest absolute Gasteiger partial charge is 0.230 e. The third kappa shape index (κ3) is 3.03. The summed E-state index contributed by atoms with van der Waals surface area (Å²) in [7, 11) is 0. The van der Waals surface area contributed by atoms with E-state index >= 15 is 0 Å². The fourth-order valence-electron chi connectivity index (χ4n) is 2.44. The van der Waals surface area contributed by atoms with E-state index in [1.54, 1.807) is 4.90 Å². The molecule has 2 N–H and O–H groups in total. The molecule has 1 aliphatic rings. The summed E-state index contributed by atoms with van der Waals surface area (Å²) in [6.07, 6.45) is 0.373. The van der Waals surface area contributed by atoms with Crippen LogP contribution in [0, 0.1) is 0 Å². The molecule has 5 heteroatoms. The van der Waals surface area contributed by atoms with Gasteiger partial charge in [-0.05, 0) is 35.9 Å². The number of benzene rings is 2. The van der Waals surface area contributed by atoms with E-state index in [9.17, 15) is 4.79 Å². The molecule has 0 aromatic heterocycles. The SMILES string of the molecule is Nc1cc(Br)cc(CN2C(=O)CCOc3ccccc32)c1. The Hall–Kier alpha value is -2.01. The lowest BCUT2D eigenvalue weighted by Crippen LogP contribution is -2.29. The van der Waals surface area contributed by atoms with E-state index in [2.05, 4.69) is 15.9 Å². The normalized spacial score (nSPS) is 14.3. The molecule has 0 saturated carbocycles. The summed E-state index contributed by atoms with van der Waals surface area (Å²) in [5.41, 5.74) is 8.32. The Kier molecular flexibility index (Phi) is 3.84. The number of fused-ring (bicyclic) bond motifs is 1. The number of carbonyl (C=O) groups excluding carboxylic acids is 1. The third-order valence-corrected chi connectivity index (χ3v) is 3.81. The molecule has 21 heavy (non-hydrogen) atoms. The maximum atomic E-state index is 12.4. The molecule has 0 saturated heterocycles. The first kappa shape index (κ1) is 13.9. The summed E-state index contributed by atoms with van der Waals surface area (Å²) in [5.74, 6) is 0.796. The van der Waals surface area contributed by atoms with E-state index < -0.39 is 0 Å². The Labute approximate surface area is 131 Å². The summed E-state index contributed by atoms with van der Waals surface area (Å²) in [4.78, 5) is 14.1. The molecule has 0 atom stereocenters. The van der Waals surface area contributed by atoms with Gasteiger partial charge in [0.1, 0.15) is 5.75 Å². The average molecular weight is 347 g/mol. The highest BCUT2D eigenvalue weighted by atomic mass is 79.9. The van der Waals surface area contributed by atoms with Crippen LogP contribution in [0.2, 0.25) is 0 Å². The van der Waals surface area contributed by atoms with Gasteiger partial charge >= 0.3 is 0 Å². The molecule has 1 heterocycles. The van der Waals surface area contributed by atoms with Crippen LogP contribution < -0.4 is 15.4 Å². The highest BCUT2D eigenvalue weighted by molar-refractivity contribution is 9.10. The molecule has 0 radical (unpaired) electrons. The van der Waals surface area contributed by atoms with Crippen LogP contribution in [0.15, 0.2) is 46.9 Å². The largest absolute Gasteiger partial charge is 0.491 e. The van der Waals surface area contributed by atoms with Gasteiger partial charge in [0.05, 0.1) is 25.3 Å². The van der Waals surface area contributed by atoms with Gasteiger partial charge < -0.3 is 15.4 Å². The fraction of sp³-hybridized carbons (Fsp3) is 0.188. The number of hydrogen-bond donors (Lipinski definition) is 1. The van der Waals surface area contributed by atoms with Crippen LogP contribution in [0.3, 0.4) is 0 Å². The number of nitrogens with two attached hydrogens (primary N) is 1. The Morgan fingerprint density at radius 1 is 1.24 bits per heavy atom. The first-order chi connectivity index (χ1) is 10.1. The van der Waals surface area contributed by atoms with Crippen molar-refractivity contribution in [1.29, 1.82) is 0 Å². The van der Waals surface area contributed by atoms with Crippen LogP contribution in [0.5, 0.6) is 5.75 Å². The summed E-state index contributed by atoms with van der Waals surface area (Å²) < 4.78 is 6.54. The molecule has 108 valence electrons. The van der Waals surface area contributed by atoms with Crippen molar-refractivity contribution in [2.75, 3.05) is 17.2 Å². The molecule has 3 rings (SSSR count). The number of amides is 1. The van der Waals surface area contributed by atoms with Crippen LogP contribution in [-0.2, 0) is 11.3 Å². The zero-order chi connectivity index (χ0) is 14.8. The quantitative estimate of drug-likeness (QED) is 0.848. The number of rotatable bonds is 2. The van der Waals surface area contributed by atoms with Gasteiger partial charge in [-0.3, -0.25) is 4.79 Å². The number of ether oxygens (including phenoxy) is 1. The van der Waals surface area contributed by atoms with Crippen molar-refractivity contribution in [2.24, 2.45) is 0 Å². The van der Waals surface area contributed by atoms with Gasteiger partial charge in [-0.25, -0.2) is 0 Å². The Morgan fingerprint density at radius 2 is 2.05 bits per heavy atom. The van der Waals surface area contributed by atoms with Crippen LogP contribution in [0.4, 0.5) is 11.4 Å². The number of para-hydroxylation sites is 2. The summed E-state index contributed by atoms with van der Waals surface area (Å²) >= 11 is 3.43. The number of nitrogens with zero attached hydrogens (tertiary/aromatic N) is 1. The fourth-order valence-corrected chi connectivity index (χ4v) is 3.00. The predicted molar refractivity (Wildman–Crippen MR) is 86.3 cm³/mol. The van der Waals surface area contributed by atoms with Crippen molar-refractivity contribution < 1.29 is 9.53 Å². The van der Waals surface area contributed by atoms with Crippen LogP contribution >= 0.6 is 15.9 Å². The van der Waals surface area contributed by atoms with Gasteiger partial charge in [0, 0.05) is 10.2 Å². The van der Waals surface area contributed by atoms with E-state index in [1.807, 2.05) is 42.5 Å². The second kappa shape index (κ2) is 5.77. The lowest BCUT2D eigenvalue weighted by molar-refractivity contribution is -0.118. The molecule has 0 unspecified atom stereocenters. The second-order valence-electron chi connectivity index (χ2n) is 4.94. The van der Waals surface area contributed by atoms with Crippen LogP contribution in [0.1, 0.15) is 12.0 Å². The Bertz CT molecular complexity index is 667. The molecule has 2 aromatic carbocycles. The molecule has 0 fully saturated rings. The molecule has 1 amide bonds. The topological polar surface area (TPSA) is 55.6 Å². The van der Waals surface area contributed by atoms with Gasteiger partial charge in [0.25, 0.3) is 0 Å². The summed E-state index contributed by atoms with van der Waals surface area (Å²) in [5, 5.41) is 0. The molecule has 4 nitrogen and oxygen atoms in total. The number of carbonyl (C=O) groups is 1. The second-order valence-corrected chi connectivity index (χ2v) is 5.85. The highest BCUT2D eigenvalue weighted by Gasteiger charge is 2.23. The lowest BCUT2D eigenvalue weighted by Gasteiger charge is -2.22. The maximum absolute atomic E-state index is 12.4. The monoisotopic (exact) mass is 346 g/mol. The van der Waals surface area contributed by atoms with Gasteiger partial charge in [-0.2, -0.15) is 0 Å². The molecular weight excluding hydrogens is 332 g/mol. The van der Waals surface area contributed by atoms with Crippen LogP contribution in [-0.4, -0.2) is 12.5 Å². The van der Waals surface area contributed by atoms with Gasteiger partial charge in [0.15, 0.2) is 0 Å². The van der Waals surface area contributed by atoms with Crippen molar-refractivity contribution in [2.45, 2.75) is 13.0 Å². The third-order valence-electron chi connectivity index (χ3n) is 3.35. The van der Waals surface area contributed by atoms with Crippen LogP contribution in [0.25, 0.3) is 0 Å². The molecule has 2 aromatic rings. The van der Waals surface area contributed by atoms with Gasteiger partial charge in [-0.1, -0.05) is 28.1 Å². The molecule has 0 spiro atoms. The Balaban J connectivity index is 1.97. The van der Waals surface area contributed by atoms with E-state index in [0.717, 1.165) is 21.5 Å². The number of anilines is 2. The zero-order valence-corrected chi connectivity index (χ0v) is 13.0. The van der Waals surface area contributed by atoms with E-state index in [0.29, 0.717) is 25.3 Å². The Morgan fingerprint density at radius 3 is 2.86 bits per heavy atom. The van der Waals surface area contributed by atoms with Crippen molar-refractivity contribution >= 4 is 33.2 Å². The number of halogens is 1. The lowest BCUT2D eigenvalue weighted by atomic mass is 10.1. The van der Waals surface area contributed by atoms with Crippen molar-refractivity contribution in [3.05, 3.63) is 52.5 Å². The van der Waals surface area contributed by atoms with Gasteiger partial charge in [0.2, 0.25) is 5.91 Å². The maximum Gasteiger partial charge on any atom is 0.230 e. The highest BCUT2D eigenvalue weighted by Crippen LogP contribution is 2.32. The van der Waals surface area contributed by atoms with Gasteiger partial charge in [-0.15, -0.1) is 0 Å². The molecule has 0 aliphatic carbocycles. The van der Waals surface area contributed by atoms with Crippen molar-refractivity contribution in [3.8, 4) is 5.75 Å². The predicted octanol–water partition coefficient (Wildman–Crippen LogP) is 3.35. The van der Waals surface area contributed by atoms with E-state index in [1.165, 1.54) is 0 Å². The summed E-state index contributed by atoms with van der Waals surface area (Å²) in [6, 6.07) is 13.3. The number of hydrogen-bond acceptors (Lipinski definition) is 3.